The molecule has 0 atom stereocenters. The van der Waals surface area contributed by atoms with Crippen LogP contribution in [0.5, 0.6) is 0 Å². The lowest BCUT2D eigenvalue weighted by Crippen LogP contribution is -2.59. The largest absolute Gasteiger partial charge is 0.416 e. The fourth-order valence-corrected chi connectivity index (χ4v) is 7.45. The summed E-state index contributed by atoms with van der Waals surface area (Å²) in [6, 6.07) is 9.60. The van der Waals surface area contributed by atoms with Crippen molar-refractivity contribution in [1.82, 2.24) is 5.32 Å². The molecule has 2 aromatic rings. The molecule has 4 bridgehead atoms. The van der Waals surface area contributed by atoms with E-state index in [2.05, 4.69) is 10.0 Å². The van der Waals surface area contributed by atoms with E-state index in [9.17, 15) is 26.4 Å². The average Bonchev–Trinajstić information content (AvgIpc) is 2.77. The average molecular weight is 539 g/mol. The van der Waals surface area contributed by atoms with Crippen molar-refractivity contribution >= 4 is 21.6 Å². The number of hydrogen-bond acceptors (Lipinski definition) is 4. The number of aliphatic hydroxyl groups excluding tert-OH is 1. The van der Waals surface area contributed by atoms with Gasteiger partial charge in [-0.15, -0.1) is 0 Å². The number of benzene rings is 2. The van der Waals surface area contributed by atoms with Gasteiger partial charge < -0.3 is 10.4 Å². The summed E-state index contributed by atoms with van der Waals surface area (Å²) >= 11 is 0. The molecular weight excluding hydrogens is 505 g/mol. The van der Waals surface area contributed by atoms with Crippen LogP contribution in [-0.2, 0) is 16.2 Å². The van der Waals surface area contributed by atoms with E-state index >= 15 is 0 Å². The number of alkyl halides is 3. The lowest BCUT2D eigenvalue weighted by atomic mass is 9.53. The molecule has 0 unspecified atom stereocenters. The van der Waals surface area contributed by atoms with Crippen LogP contribution in [0, 0.1) is 17.8 Å². The number of sulfonamides is 1. The molecule has 0 spiro atoms. The highest BCUT2D eigenvalue weighted by atomic mass is 32.2. The Morgan fingerprint density at radius 3 is 2.05 bits per heavy atom. The summed E-state index contributed by atoms with van der Waals surface area (Å²) in [6.45, 7) is 3.44. The topological polar surface area (TPSA) is 95.5 Å². The summed E-state index contributed by atoms with van der Waals surface area (Å²) in [7, 11) is -4.18. The number of carbonyl (C=O) groups is 1. The molecule has 0 saturated heterocycles. The third kappa shape index (κ3) is 6.65. The van der Waals surface area contributed by atoms with Gasteiger partial charge in [-0.25, -0.2) is 8.42 Å². The lowest BCUT2D eigenvalue weighted by molar-refractivity contribution is -0.137. The Morgan fingerprint density at radius 1 is 0.973 bits per heavy atom. The van der Waals surface area contributed by atoms with Crippen LogP contribution in [0.3, 0.4) is 0 Å². The number of amides is 1. The van der Waals surface area contributed by atoms with E-state index in [0.29, 0.717) is 17.8 Å². The number of hydrogen-bond donors (Lipinski definition) is 3. The monoisotopic (exact) mass is 538 g/mol. The van der Waals surface area contributed by atoms with Gasteiger partial charge in [0, 0.05) is 22.9 Å². The highest BCUT2D eigenvalue weighted by molar-refractivity contribution is 7.92. The summed E-state index contributed by atoms with van der Waals surface area (Å²) in [5, 5.41) is 11.3. The number of anilines is 1. The highest BCUT2D eigenvalue weighted by Crippen LogP contribution is 2.55. The third-order valence-electron chi connectivity index (χ3n) is 7.27. The van der Waals surface area contributed by atoms with E-state index < -0.39 is 21.8 Å². The van der Waals surface area contributed by atoms with E-state index in [1.54, 1.807) is 19.9 Å². The quantitative estimate of drug-likeness (QED) is 0.462. The zero-order chi connectivity index (χ0) is 27.0. The molecule has 4 saturated carbocycles. The maximum Gasteiger partial charge on any atom is 0.416 e. The van der Waals surface area contributed by atoms with E-state index in [0.717, 1.165) is 37.5 Å². The molecule has 10 heteroatoms. The van der Waals surface area contributed by atoms with Crippen LogP contribution in [0.25, 0.3) is 0 Å². The Balaban J connectivity index is 0.000000747. The second-order valence-corrected chi connectivity index (χ2v) is 12.6. The van der Waals surface area contributed by atoms with Crippen LogP contribution in [0.15, 0.2) is 53.4 Å². The van der Waals surface area contributed by atoms with Crippen molar-refractivity contribution < 1.29 is 31.5 Å². The van der Waals surface area contributed by atoms with Crippen LogP contribution in [0.4, 0.5) is 18.9 Å². The Bertz CT molecular complexity index is 1210. The first-order chi connectivity index (χ1) is 17.2. The van der Waals surface area contributed by atoms with Crippen LogP contribution in [0.1, 0.15) is 68.3 Å². The van der Waals surface area contributed by atoms with Crippen molar-refractivity contribution in [2.24, 2.45) is 17.8 Å². The second kappa shape index (κ2) is 10.3. The van der Waals surface area contributed by atoms with E-state index in [1.807, 2.05) is 0 Å². The molecule has 6 nitrogen and oxygen atoms in total. The zero-order valence-electron chi connectivity index (χ0n) is 20.9. The summed E-state index contributed by atoms with van der Waals surface area (Å²) < 4.78 is 66.7. The van der Waals surface area contributed by atoms with E-state index in [-0.39, 0.29) is 33.7 Å². The molecule has 4 aliphatic carbocycles. The van der Waals surface area contributed by atoms with Gasteiger partial charge in [0.2, 0.25) is 0 Å². The second-order valence-electron chi connectivity index (χ2n) is 11.0. The normalized spacial score (nSPS) is 26.4. The molecule has 0 aliphatic heterocycles. The molecule has 0 radical (unpaired) electrons. The maximum absolute atomic E-state index is 13.1. The Morgan fingerprint density at radius 2 is 1.51 bits per heavy atom. The molecule has 4 aliphatic rings. The van der Waals surface area contributed by atoms with Crippen molar-refractivity contribution in [2.75, 3.05) is 4.72 Å². The van der Waals surface area contributed by atoms with Crippen molar-refractivity contribution in [3.8, 4) is 0 Å². The fourth-order valence-electron chi connectivity index (χ4n) is 6.35. The molecule has 0 aromatic heterocycles. The van der Waals surface area contributed by atoms with Crippen LogP contribution < -0.4 is 10.0 Å². The van der Waals surface area contributed by atoms with Gasteiger partial charge >= 0.3 is 6.18 Å². The van der Waals surface area contributed by atoms with Crippen LogP contribution >= 0.6 is 0 Å². The molecule has 0 heterocycles. The minimum atomic E-state index is -4.59. The molecule has 2 aromatic carbocycles. The third-order valence-corrected chi connectivity index (χ3v) is 8.64. The van der Waals surface area contributed by atoms with E-state index in [4.69, 9.17) is 5.11 Å². The molecule has 4 fully saturated rings. The first-order valence-electron chi connectivity index (χ1n) is 12.6. The standard InChI is InChI=1S/C24H25F3N2O3S.C3H8O/c25-24(26,27)19-4-2-5-20(11-19)29-33(31,32)21-6-1-3-18(10-21)22(30)28-23-12-15-7-16(13-23)9-17(8-15)14-23;1-3(2)4/h1-6,10-11,15-17,29H,7-9,12-14H2,(H,28,30);3-4H,1-2H3. The smallest absolute Gasteiger partial charge is 0.394 e. The van der Waals surface area contributed by atoms with Crippen molar-refractivity contribution in [2.45, 2.75) is 75.1 Å². The first kappa shape index (κ1) is 27.4. The van der Waals surface area contributed by atoms with Crippen molar-refractivity contribution in [1.29, 1.82) is 0 Å². The van der Waals surface area contributed by atoms with Crippen molar-refractivity contribution in [3.63, 3.8) is 0 Å². The van der Waals surface area contributed by atoms with Gasteiger partial charge in [0.25, 0.3) is 15.9 Å². The van der Waals surface area contributed by atoms with Crippen LogP contribution in [-0.4, -0.2) is 31.1 Å². The Hall–Kier alpha value is -2.59. The molecule has 37 heavy (non-hydrogen) atoms. The minimum Gasteiger partial charge on any atom is -0.394 e. The van der Waals surface area contributed by atoms with Gasteiger partial charge in [-0.3, -0.25) is 9.52 Å². The van der Waals surface area contributed by atoms with Gasteiger partial charge in [0.1, 0.15) is 0 Å². The number of aliphatic hydroxyl groups is 1. The number of nitrogens with one attached hydrogen (secondary N) is 2. The van der Waals surface area contributed by atoms with Gasteiger partial charge in [0.15, 0.2) is 0 Å². The molecule has 3 N–H and O–H groups in total. The van der Waals surface area contributed by atoms with Gasteiger partial charge in [-0.1, -0.05) is 12.1 Å². The molecule has 202 valence electrons. The van der Waals surface area contributed by atoms with E-state index in [1.165, 1.54) is 43.5 Å². The summed E-state index contributed by atoms with van der Waals surface area (Å²) in [6.07, 6.45) is 1.88. The first-order valence-corrected chi connectivity index (χ1v) is 14.0. The Kier molecular flexibility index (Phi) is 7.63. The Labute approximate surface area is 215 Å². The molecule has 6 rings (SSSR count). The summed E-state index contributed by atoms with van der Waals surface area (Å²) in [5.74, 6) is 1.65. The number of rotatable bonds is 5. The molecular formula is C27H33F3N2O4S. The summed E-state index contributed by atoms with van der Waals surface area (Å²) in [5.41, 5.74) is -1.14. The molecule has 1 amide bonds. The zero-order valence-corrected chi connectivity index (χ0v) is 21.7. The highest BCUT2D eigenvalue weighted by Gasteiger charge is 2.51. The fraction of sp³-hybridized carbons (Fsp3) is 0.519. The van der Waals surface area contributed by atoms with Gasteiger partial charge in [-0.2, -0.15) is 13.2 Å². The maximum atomic E-state index is 13.1. The van der Waals surface area contributed by atoms with Gasteiger partial charge in [-0.05, 0) is 107 Å². The van der Waals surface area contributed by atoms with Gasteiger partial charge in [0.05, 0.1) is 10.5 Å². The number of halogens is 3. The predicted molar refractivity (Wildman–Crippen MR) is 134 cm³/mol. The number of carbonyl (C=O) groups excluding carboxylic acids is 1. The minimum absolute atomic E-state index is 0.167. The summed E-state index contributed by atoms with van der Waals surface area (Å²) in [4.78, 5) is 12.9. The van der Waals surface area contributed by atoms with Crippen LogP contribution in [0.2, 0.25) is 0 Å². The predicted octanol–water partition coefficient (Wildman–Crippen LogP) is 5.59. The SMILES string of the molecule is CC(C)O.O=C(NC12CC3CC(CC(C3)C1)C2)c1cccc(S(=O)(=O)Nc2cccc(C(F)(F)F)c2)c1. The van der Waals surface area contributed by atoms with Crippen molar-refractivity contribution in [3.05, 3.63) is 59.7 Å². The lowest BCUT2D eigenvalue weighted by Gasteiger charge is -2.56.